The number of hydrogen-bond donors (Lipinski definition) is 2. The lowest BCUT2D eigenvalue weighted by molar-refractivity contribution is -0.122. The smallest absolute Gasteiger partial charge is 0.241 e. The molecule has 3 aromatic rings. The molecule has 0 saturated carbocycles. The molecule has 0 radical (unpaired) electrons. The van der Waals surface area contributed by atoms with Crippen LogP contribution in [-0.4, -0.2) is 40.6 Å². The van der Waals surface area contributed by atoms with Gasteiger partial charge in [-0.25, -0.2) is 8.42 Å². The maximum atomic E-state index is 13.1. The zero-order valence-corrected chi connectivity index (χ0v) is 21.2. The van der Waals surface area contributed by atoms with Gasteiger partial charge in [-0.05, 0) is 61.2 Å². The Morgan fingerprint density at radius 3 is 2.34 bits per heavy atom. The van der Waals surface area contributed by atoms with E-state index in [-0.39, 0.29) is 16.3 Å². The zero-order valence-electron chi connectivity index (χ0n) is 19.7. The largest absolute Gasteiger partial charge is 0.497 e. The van der Waals surface area contributed by atoms with Crippen molar-refractivity contribution in [1.82, 2.24) is 10.0 Å². The zero-order chi connectivity index (χ0) is 25.3. The van der Waals surface area contributed by atoms with Crippen molar-refractivity contribution in [2.45, 2.75) is 30.7 Å². The highest BCUT2D eigenvalue weighted by Crippen LogP contribution is 2.27. The van der Waals surface area contributed by atoms with Crippen molar-refractivity contribution < 1.29 is 22.7 Å². The first-order valence-electron chi connectivity index (χ1n) is 11.2. The summed E-state index contributed by atoms with van der Waals surface area (Å²) in [5.74, 6) is 0.734. The van der Waals surface area contributed by atoms with Crippen LogP contribution in [0.4, 0.5) is 0 Å². The fraction of sp³-hybridized carbons (Fsp3) is 0.269. The molecule has 0 aromatic heterocycles. The van der Waals surface area contributed by atoms with Gasteiger partial charge in [-0.2, -0.15) is 4.72 Å². The molecule has 0 aliphatic carbocycles. The van der Waals surface area contributed by atoms with E-state index in [1.807, 2.05) is 61.5 Å². The Bertz CT molecular complexity index is 1220. The second-order valence-electron chi connectivity index (χ2n) is 7.78. The van der Waals surface area contributed by atoms with Crippen LogP contribution in [0, 0.1) is 0 Å². The van der Waals surface area contributed by atoms with Crippen molar-refractivity contribution in [1.29, 1.82) is 0 Å². The number of carbonyl (C=O) groups is 1. The minimum absolute atomic E-state index is 0.0463. The molecule has 2 N–H and O–H groups in total. The Hall–Kier alpha value is -3.07. The van der Waals surface area contributed by atoms with Crippen molar-refractivity contribution in [2.24, 2.45) is 0 Å². The Kier molecular flexibility index (Phi) is 9.54. The number of methoxy groups -OCH3 is 1. The molecule has 186 valence electrons. The number of rotatable bonds is 12. The number of sulfonamides is 1. The standard InChI is InChI=1S/C26H29ClN2O5S/c1-3-34-25-14-13-22(18-23(25)27)35(31,32)29-24(17-20-7-5-4-6-8-20)26(30)28-16-15-19-9-11-21(33-2)12-10-19/h4-14,18,24,29H,3,15-17H2,1-2H3,(H,28,30)/t24-/m1/s1. The fourth-order valence-electron chi connectivity index (χ4n) is 3.46. The quantitative estimate of drug-likeness (QED) is 0.379. The lowest BCUT2D eigenvalue weighted by atomic mass is 10.1. The SMILES string of the molecule is CCOc1ccc(S(=O)(=O)N[C@H](Cc2ccccc2)C(=O)NCCc2ccc(OC)cc2)cc1Cl. The third kappa shape index (κ3) is 7.71. The van der Waals surface area contributed by atoms with Crippen molar-refractivity contribution in [3.8, 4) is 11.5 Å². The molecule has 0 fully saturated rings. The molecule has 7 nitrogen and oxygen atoms in total. The van der Waals surface area contributed by atoms with Gasteiger partial charge in [0.25, 0.3) is 0 Å². The van der Waals surface area contributed by atoms with Crippen LogP contribution >= 0.6 is 11.6 Å². The van der Waals surface area contributed by atoms with Gasteiger partial charge < -0.3 is 14.8 Å². The first-order chi connectivity index (χ1) is 16.8. The second-order valence-corrected chi connectivity index (χ2v) is 9.90. The monoisotopic (exact) mass is 516 g/mol. The molecule has 1 atom stereocenters. The van der Waals surface area contributed by atoms with Crippen LogP contribution in [0.15, 0.2) is 77.7 Å². The van der Waals surface area contributed by atoms with Gasteiger partial charge in [0.15, 0.2) is 0 Å². The Morgan fingerprint density at radius 2 is 1.71 bits per heavy atom. The van der Waals surface area contributed by atoms with E-state index < -0.39 is 22.0 Å². The Balaban J connectivity index is 1.73. The van der Waals surface area contributed by atoms with E-state index in [9.17, 15) is 13.2 Å². The number of hydrogen-bond acceptors (Lipinski definition) is 5. The molecule has 0 spiro atoms. The number of halogens is 1. The highest BCUT2D eigenvalue weighted by molar-refractivity contribution is 7.89. The van der Waals surface area contributed by atoms with E-state index in [1.54, 1.807) is 7.11 Å². The van der Waals surface area contributed by atoms with Crippen molar-refractivity contribution in [3.05, 3.63) is 88.9 Å². The summed E-state index contributed by atoms with van der Waals surface area (Å²) < 4.78 is 39.3. The van der Waals surface area contributed by atoms with Gasteiger partial charge in [0.2, 0.25) is 15.9 Å². The van der Waals surface area contributed by atoms with Gasteiger partial charge in [0.05, 0.1) is 23.6 Å². The summed E-state index contributed by atoms with van der Waals surface area (Å²) in [7, 11) is -2.43. The number of benzene rings is 3. The average Bonchev–Trinajstić information content (AvgIpc) is 2.86. The van der Waals surface area contributed by atoms with Crippen LogP contribution in [0.1, 0.15) is 18.1 Å². The summed E-state index contributed by atoms with van der Waals surface area (Å²) in [5.41, 5.74) is 1.85. The Morgan fingerprint density at radius 1 is 1.00 bits per heavy atom. The van der Waals surface area contributed by atoms with E-state index in [0.29, 0.717) is 25.3 Å². The van der Waals surface area contributed by atoms with Crippen LogP contribution in [0.5, 0.6) is 11.5 Å². The van der Waals surface area contributed by atoms with Crippen LogP contribution in [-0.2, 0) is 27.7 Å². The number of amides is 1. The molecule has 0 heterocycles. The predicted octanol–water partition coefficient (Wildman–Crippen LogP) is 4.00. The Labute approximate surface area is 211 Å². The highest BCUT2D eigenvalue weighted by atomic mass is 35.5. The summed E-state index contributed by atoms with van der Waals surface area (Å²) in [5, 5.41) is 3.03. The number of ether oxygens (including phenoxy) is 2. The highest BCUT2D eigenvalue weighted by Gasteiger charge is 2.26. The van der Waals surface area contributed by atoms with Gasteiger partial charge in [0.1, 0.15) is 17.5 Å². The van der Waals surface area contributed by atoms with Crippen molar-refractivity contribution >= 4 is 27.5 Å². The van der Waals surface area contributed by atoms with E-state index in [0.717, 1.165) is 16.9 Å². The van der Waals surface area contributed by atoms with Gasteiger partial charge >= 0.3 is 0 Å². The van der Waals surface area contributed by atoms with Crippen LogP contribution in [0.2, 0.25) is 5.02 Å². The van der Waals surface area contributed by atoms with Gasteiger partial charge in [-0.1, -0.05) is 54.1 Å². The first-order valence-corrected chi connectivity index (χ1v) is 13.1. The summed E-state index contributed by atoms with van der Waals surface area (Å²) in [4.78, 5) is 13.0. The van der Waals surface area contributed by atoms with E-state index >= 15 is 0 Å². The van der Waals surface area contributed by atoms with Crippen molar-refractivity contribution in [3.63, 3.8) is 0 Å². The number of nitrogens with one attached hydrogen (secondary N) is 2. The molecule has 1 amide bonds. The molecule has 3 rings (SSSR count). The third-order valence-corrected chi connectivity index (χ3v) is 7.05. The topological polar surface area (TPSA) is 93.7 Å². The van der Waals surface area contributed by atoms with E-state index in [4.69, 9.17) is 21.1 Å². The third-order valence-electron chi connectivity index (χ3n) is 5.28. The summed E-state index contributed by atoms with van der Waals surface area (Å²) >= 11 is 6.18. The lowest BCUT2D eigenvalue weighted by Gasteiger charge is -2.19. The fourth-order valence-corrected chi connectivity index (χ4v) is 4.98. The minimum Gasteiger partial charge on any atom is -0.497 e. The summed E-state index contributed by atoms with van der Waals surface area (Å²) in [6.45, 7) is 2.57. The summed E-state index contributed by atoms with van der Waals surface area (Å²) in [6.07, 6.45) is 0.786. The van der Waals surface area contributed by atoms with E-state index in [1.165, 1.54) is 18.2 Å². The normalized spacial score (nSPS) is 12.1. The molecule has 0 bridgehead atoms. The minimum atomic E-state index is -4.03. The maximum absolute atomic E-state index is 13.1. The molecule has 0 aliphatic heterocycles. The maximum Gasteiger partial charge on any atom is 0.241 e. The van der Waals surface area contributed by atoms with Gasteiger partial charge in [0, 0.05) is 6.54 Å². The molecule has 0 unspecified atom stereocenters. The molecule has 3 aromatic carbocycles. The number of carbonyl (C=O) groups excluding carboxylic acids is 1. The first kappa shape index (κ1) is 26.5. The van der Waals surface area contributed by atoms with E-state index in [2.05, 4.69) is 10.0 Å². The predicted molar refractivity (Wildman–Crippen MR) is 137 cm³/mol. The molecule has 9 heteroatoms. The van der Waals surface area contributed by atoms with Crippen molar-refractivity contribution in [2.75, 3.05) is 20.3 Å². The van der Waals surface area contributed by atoms with Gasteiger partial charge in [-0.15, -0.1) is 0 Å². The second kappa shape index (κ2) is 12.6. The molecular weight excluding hydrogens is 488 g/mol. The molecule has 35 heavy (non-hydrogen) atoms. The average molecular weight is 517 g/mol. The lowest BCUT2D eigenvalue weighted by Crippen LogP contribution is -2.48. The molecule has 0 aliphatic rings. The van der Waals surface area contributed by atoms with Crippen LogP contribution < -0.4 is 19.5 Å². The van der Waals surface area contributed by atoms with Gasteiger partial charge in [-0.3, -0.25) is 4.79 Å². The van der Waals surface area contributed by atoms with Crippen LogP contribution in [0.3, 0.4) is 0 Å². The molecule has 0 saturated heterocycles. The van der Waals surface area contributed by atoms with Crippen LogP contribution in [0.25, 0.3) is 0 Å². The molecular formula is C26H29ClN2O5S. The summed E-state index contributed by atoms with van der Waals surface area (Å²) in [6, 6.07) is 20.0.